The molecule has 1 saturated carbocycles. The molecule has 2 aliphatic carbocycles. The van der Waals surface area contributed by atoms with Gasteiger partial charge < -0.3 is 16.0 Å². The van der Waals surface area contributed by atoms with Crippen LogP contribution in [0.3, 0.4) is 0 Å². The predicted octanol–water partition coefficient (Wildman–Crippen LogP) is 4.84. The van der Waals surface area contributed by atoms with E-state index in [0.717, 1.165) is 18.5 Å². The van der Waals surface area contributed by atoms with Crippen molar-refractivity contribution in [1.82, 2.24) is 19.9 Å². The van der Waals surface area contributed by atoms with Gasteiger partial charge in [0.25, 0.3) is 5.56 Å². The summed E-state index contributed by atoms with van der Waals surface area (Å²) in [7, 11) is 1.72. The van der Waals surface area contributed by atoms with Gasteiger partial charge in [-0.25, -0.2) is 4.98 Å². The number of pyridine rings is 3. The number of alkyl halides is 3. The maximum absolute atomic E-state index is 13.8. The van der Waals surface area contributed by atoms with Crippen LogP contribution < -0.4 is 16.2 Å². The van der Waals surface area contributed by atoms with Gasteiger partial charge in [0.2, 0.25) is 0 Å². The number of hydrogen-bond donors (Lipinski definition) is 3. The minimum Gasteiger partial charge on any atom is -0.393 e. The average molecular weight is 493 g/mol. The van der Waals surface area contributed by atoms with Gasteiger partial charge >= 0.3 is 6.18 Å². The Labute approximate surface area is 204 Å². The molecule has 1 fully saturated rings. The molecule has 3 N–H and O–H groups in total. The Kier molecular flexibility index (Phi) is 5.95. The summed E-state index contributed by atoms with van der Waals surface area (Å²) >= 11 is 0. The lowest BCUT2D eigenvalue weighted by atomic mass is 10.0. The average Bonchev–Trinajstić information content (AvgIpc) is 3.69. The van der Waals surface area contributed by atoms with E-state index in [9.17, 15) is 18.0 Å². The quantitative estimate of drug-likeness (QED) is 0.458. The van der Waals surface area contributed by atoms with Crippen LogP contribution >= 0.6 is 0 Å². The number of allylic oxidation sites excluding steroid dienone is 5. The number of nitrogens with zero attached hydrogens (tertiary/aromatic N) is 3. The third-order valence-corrected chi connectivity index (χ3v) is 6.02. The summed E-state index contributed by atoms with van der Waals surface area (Å²) in [6, 6.07) is 6.78. The molecule has 3 heterocycles. The zero-order valence-corrected chi connectivity index (χ0v) is 19.4. The number of anilines is 1. The second kappa shape index (κ2) is 9.10. The van der Waals surface area contributed by atoms with Crippen molar-refractivity contribution in [2.45, 2.75) is 24.9 Å². The van der Waals surface area contributed by atoms with Crippen molar-refractivity contribution in [2.24, 2.45) is 0 Å². The lowest BCUT2D eigenvalue weighted by molar-refractivity contribution is -0.115. The van der Waals surface area contributed by atoms with E-state index in [-0.39, 0.29) is 16.9 Å². The molecule has 0 saturated heterocycles. The predicted molar refractivity (Wildman–Crippen MR) is 134 cm³/mol. The maximum Gasteiger partial charge on any atom is 0.405 e. The summed E-state index contributed by atoms with van der Waals surface area (Å²) in [4.78, 5) is 22.7. The van der Waals surface area contributed by atoms with Crippen molar-refractivity contribution >= 4 is 28.1 Å². The first-order chi connectivity index (χ1) is 17.2. The molecule has 5 rings (SSSR count). The summed E-state index contributed by atoms with van der Waals surface area (Å²) in [5, 5.41) is 13.9. The first-order valence-electron chi connectivity index (χ1n) is 11.4. The van der Waals surface area contributed by atoms with Gasteiger partial charge in [-0.15, -0.1) is 0 Å². The molecule has 0 aromatic carbocycles. The van der Waals surface area contributed by atoms with E-state index >= 15 is 0 Å². The largest absolute Gasteiger partial charge is 0.405 e. The summed E-state index contributed by atoms with van der Waals surface area (Å²) in [5.41, 5.74) is 3.06. The van der Waals surface area contributed by atoms with E-state index in [2.05, 4.69) is 20.6 Å². The highest BCUT2D eigenvalue weighted by atomic mass is 19.4. The Morgan fingerprint density at radius 2 is 2.00 bits per heavy atom. The first-order valence-corrected chi connectivity index (χ1v) is 11.4. The highest BCUT2D eigenvalue weighted by molar-refractivity contribution is 6.12. The van der Waals surface area contributed by atoms with Crippen molar-refractivity contribution in [3.8, 4) is 11.1 Å². The fourth-order valence-corrected chi connectivity index (χ4v) is 4.08. The zero-order chi connectivity index (χ0) is 25.4. The highest BCUT2D eigenvalue weighted by Gasteiger charge is 2.27. The van der Waals surface area contributed by atoms with Gasteiger partial charge in [0, 0.05) is 59.5 Å². The molecule has 7 nitrogen and oxygen atoms in total. The monoisotopic (exact) mass is 492 g/mol. The Bertz CT molecular complexity index is 1500. The van der Waals surface area contributed by atoms with Crippen LogP contribution in [-0.2, 0) is 0 Å². The molecule has 0 radical (unpaired) electrons. The van der Waals surface area contributed by atoms with E-state index in [0.29, 0.717) is 33.8 Å². The number of fused-ring (bicyclic) bond motifs is 1. The summed E-state index contributed by atoms with van der Waals surface area (Å²) in [6.45, 7) is -1.24. The van der Waals surface area contributed by atoms with Crippen molar-refractivity contribution in [3.63, 3.8) is 0 Å². The van der Waals surface area contributed by atoms with Gasteiger partial charge in [-0.1, -0.05) is 6.07 Å². The molecule has 0 aliphatic heterocycles. The molecule has 3 aromatic heterocycles. The first kappa shape index (κ1) is 23.5. The fourth-order valence-electron chi connectivity index (χ4n) is 4.08. The lowest BCUT2D eigenvalue weighted by Crippen LogP contribution is -2.23. The van der Waals surface area contributed by atoms with Gasteiger partial charge in [-0.05, 0) is 49.3 Å². The third kappa shape index (κ3) is 4.79. The SMILES string of the molecule is CN/C=C1/C=C(n2cc3ccc(NCC(F)(F)F)nc3c(-c3ccc(C4CC4)nc3)c2=O)C=CC1=N. The van der Waals surface area contributed by atoms with Crippen molar-refractivity contribution in [2.75, 3.05) is 18.9 Å². The number of halogens is 3. The molecule has 0 spiro atoms. The van der Waals surface area contributed by atoms with E-state index in [1.54, 1.807) is 49.9 Å². The van der Waals surface area contributed by atoms with Crippen LogP contribution in [0.5, 0.6) is 0 Å². The minimum absolute atomic E-state index is 0.0188. The Balaban J connectivity index is 1.68. The Morgan fingerprint density at radius 1 is 1.19 bits per heavy atom. The van der Waals surface area contributed by atoms with Gasteiger partial charge in [-0.2, -0.15) is 13.2 Å². The highest BCUT2D eigenvalue weighted by Crippen LogP contribution is 2.39. The normalized spacial score (nSPS) is 16.9. The maximum atomic E-state index is 13.8. The van der Waals surface area contributed by atoms with Crippen LogP contribution in [0.1, 0.15) is 24.5 Å². The second-order valence-corrected chi connectivity index (χ2v) is 8.73. The number of hydrogen-bond acceptors (Lipinski definition) is 6. The fraction of sp³-hybridized carbons (Fsp3) is 0.231. The van der Waals surface area contributed by atoms with Gasteiger partial charge in [0.05, 0.1) is 16.8 Å². The molecule has 3 aromatic rings. The zero-order valence-electron chi connectivity index (χ0n) is 19.4. The van der Waals surface area contributed by atoms with Crippen LogP contribution in [0, 0.1) is 5.41 Å². The van der Waals surface area contributed by atoms with Crippen LogP contribution in [0.4, 0.5) is 19.0 Å². The number of rotatable bonds is 6. The molecule has 0 atom stereocenters. The molecule has 0 unspecified atom stereocenters. The molecule has 0 amide bonds. The molecule has 0 bridgehead atoms. The molecular formula is C26H23F3N6O. The van der Waals surface area contributed by atoms with Gasteiger partial charge in [0.15, 0.2) is 0 Å². The van der Waals surface area contributed by atoms with Crippen LogP contribution in [0.25, 0.3) is 27.7 Å². The number of aromatic nitrogens is 3. The standard InChI is InChI=1S/C26H23F3N6O/c1-31-11-18-10-19(6-7-20(18)30)35-13-17-5-9-22(33-14-26(27,28)29)34-24(17)23(25(35)36)16-4-8-21(32-12-16)15-2-3-15/h4-13,15,30-31H,2-3,14H2,1H3,(H,33,34)/b18-11-,30-20?. The third-order valence-electron chi connectivity index (χ3n) is 6.02. The van der Waals surface area contributed by atoms with Crippen LogP contribution in [-0.4, -0.2) is 40.0 Å². The van der Waals surface area contributed by atoms with Crippen LogP contribution in [0.15, 0.2) is 71.5 Å². The van der Waals surface area contributed by atoms with Crippen LogP contribution in [0.2, 0.25) is 0 Å². The van der Waals surface area contributed by atoms with Gasteiger partial charge in [0.1, 0.15) is 12.4 Å². The van der Waals surface area contributed by atoms with E-state index in [4.69, 9.17) is 5.41 Å². The Hall–Kier alpha value is -4.21. The lowest BCUT2D eigenvalue weighted by Gasteiger charge is -2.17. The Morgan fingerprint density at radius 3 is 2.67 bits per heavy atom. The summed E-state index contributed by atoms with van der Waals surface area (Å²) in [5.74, 6) is 0.454. The molecule has 36 heavy (non-hydrogen) atoms. The van der Waals surface area contributed by atoms with Crippen molar-refractivity contribution in [3.05, 3.63) is 82.7 Å². The van der Waals surface area contributed by atoms with E-state index in [1.165, 1.54) is 10.6 Å². The summed E-state index contributed by atoms with van der Waals surface area (Å²) < 4.78 is 39.7. The van der Waals surface area contributed by atoms with Crippen molar-refractivity contribution in [1.29, 1.82) is 5.41 Å². The van der Waals surface area contributed by atoms with Gasteiger partial charge in [-0.3, -0.25) is 14.3 Å². The smallest absolute Gasteiger partial charge is 0.393 e. The molecule has 184 valence electrons. The number of nitrogens with one attached hydrogen (secondary N) is 3. The minimum atomic E-state index is -4.41. The molecule has 10 heteroatoms. The van der Waals surface area contributed by atoms with E-state index in [1.807, 2.05) is 12.1 Å². The summed E-state index contributed by atoms with van der Waals surface area (Å²) in [6.07, 6.45) is 7.65. The topological polar surface area (TPSA) is 95.7 Å². The molecule has 2 aliphatic rings. The second-order valence-electron chi connectivity index (χ2n) is 8.73. The van der Waals surface area contributed by atoms with E-state index < -0.39 is 18.3 Å². The molecular weight excluding hydrogens is 469 g/mol. The van der Waals surface area contributed by atoms with Crippen molar-refractivity contribution < 1.29 is 13.2 Å².